The number of ether oxygens (including phenoxy) is 8. The molecule has 18 unspecified atom stereocenters. The first kappa shape index (κ1) is 54.9. The molecule has 0 bridgehead atoms. The first-order chi connectivity index (χ1) is 33.0. The van der Waals surface area contributed by atoms with Crippen LogP contribution in [0.4, 0.5) is 13.6 Å². The lowest BCUT2D eigenvalue weighted by atomic mass is 9.73. The average molecular weight is 993 g/mol. The van der Waals surface area contributed by atoms with Crippen LogP contribution in [0, 0.1) is 47.1 Å². The van der Waals surface area contributed by atoms with Gasteiger partial charge in [0.05, 0.1) is 47.6 Å². The van der Waals surface area contributed by atoms with Crippen LogP contribution in [0.1, 0.15) is 126 Å². The van der Waals surface area contributed by atoms with Crippen LogP contribution in [0.5, 0.6) is 0 Å². The highest BCUT2D eigenvalue weighted by molar-refractivity contribution is 5.85. The summed E-state index contributed by atoms with van der Waals surface area (Å²) in [6, 6.07) is 2.35. The molecule has 6 aliphatic rings. The number of cyclic esters (lactones) is 1. The number of aliphatic hydroxyl groups excluding tert-OH is 2. The van der Waals surface area contributed by atoms with Crippen LogP contribution in [0.2, 0.25) is 0 Å². The van der Waals surface area contributed by atoms with Crippen molar-refractivity contribution in [1.82, 2.24) is 9.80 Å². The maximum atomic E-state index is 15.1. The Hall–Kier alpha value is -2.87. The van der Waals surface area contributed by atoms with Gasteiger partial charge in [-0.1, -0.05) is 33.8 Å². The molecular weight excluding hydrogens is 911 g/mol. The van der Waals surface area contributed by atoms with E-state index in [-0.39, 0.29) is 50.2 Å². The van der Waals surface area contributed by atoms with Crippen LogP contribution in [0.15, 0.2) is 18.2 Å². The van der Waals surface area contributed by atoms with Crippen molar-refractivity contribution in [2.24, 2.45) is 35.5 Å². The summed E-state index contributed by atoms with van der Waals surface area (Å²) in [5.41, 5.74) is -3.49. The highest BCUT2D eigenvalue weighted by Crippen LogP contribution is 2.45. The lowest BCUT2D eigenvalue weighted by molar-refractivity contribution is -0.320. The van der Waals surface area contributed by atoms with Crippen LogP contribution >= 0.6 is 0 Å². The zero-order chi connectivity index (χ0) is 51.2. The normalized spacial score (nSPS) is 42.3. The molecule has 6 fully saturated rings. The number of halogens is 2. The molecule has 18 atom stereocenters. The van der Waals surface area contributed by atoms with E-state index < -0.39 is 119 Å². The van der Waals surface area contributed by atoms with E-state index in [2.05, 4.69) is 4.90 Å². The Morgan fingerprint density at radius 3 is 2.07 bits per heavy atom. The Morgan fingerprint density at radius 2 is 1.49 bits per heavy atom. The number of methoxy groups -OCH3 is 2. The summed E-state index contributed by atoms with van der Waals surface area (Å²) in [6.07, 6.45) is -3.18. The summed E-state index contributed by atoms with van der Waals surface area (Å²) in [7, 11) is 3.05. The van der Waals surface area contributed by atoms with E-state index in [1.165, 1.54) is 43.8 Å². The van der Waals surface area contributed by atoms with Crippen LogP contribution in [0.3, 0.4) is 0 Å². The predicted molar refractivity (Wildman–Crippen MR) is 253 cm³/mol. The largest absolute Gasteiger partial charge is 0.458 e. The van der Waals surface area contributed by atoms with Gasteiger partial charge in [0.15, 0.2) is 29.8 Å². The van der Waals surface area contributed by atoms with Gasteiger partial charge in [-0.3, -0.25) is 19.4 Å². The van der Waals surface area contributed by atoms with E-state index in [0.29, 0.717) is 23.8 Å². The summed E-state index contributed by atoms with van der Waals surface area (Å²) in [5.74, 6) is -5.14. The van der Waals surface area contributed by atoms with Crippen LogP contribution in [-0.2, 0) is 53.9 Å². The number of nitrogens with zero attached hydrogens (tertiary/aromatic N) is 2. The molecule has 1 aromatic carbocycles. The minimum atomic E-state index is -1.54. The van der Waals surface area contributed by atoms with E-state index in [9.17, 15) is 23.8 Å². The van der Waals surface area contributed by atoms with Gasteiger partial charge in [0.25, 0.3) is 0 Å². The van der Waals surface area contributed by atoms with Crippen molar-refractivity contribution in [3.05, 3.63) is 35.4 Å². The number of Topliss-reactive ketones (excluding diaryl/α,β-unsaturated/α-hetero) is 1. The van der Waals surface area contributed by atoms with Crippen molar-refractivity contribution in [1.29, 1.82) is 0 Å². The van der Waals surface area contributed by atoms with Crippen molar-refractivity contribution < 1.29 is 71.3 Å². The quantitative estimate of drug-likeness (QED) is 0.172. The van der Waals surface area contributed by atoms with Gasteiger partial charge in [0.1, 0.15) is 24.1 Å². The fourth-order valence-corrected chi connectivity index (χ4v) is 12.3. The van der Waals surface area contributed by atoms with E-state index in [1.54, 1.807) is 48.7 Å². The number of esters is 1. The van der Waals surface area contributed by atoms with Crippen LogP contribution in [0.25, 0.3) is 0 Å². The molecule has 2 N–H and O–H groups in total. The Balaban J connectivity index is 1.29. The number of hydrogen-bond donors (Lipinski definition) is 2. The number of hydrogen-bond acceptors (Lipinski definition) is 14. The molecule has 1 amide bonds. The van der Waals surface area contributed by atoms with Gasteiger partial charge in [-0.05, 0) is 122 Å². The minimum Gasteiger partial charge on any atom is -0.458 e. The highest BCUT2D eigenvalue weighted by atomic mass is 19.2. The van der Waals surface area contributed by atoms with Crippen LogP contribution in [-0.4, -0.2) is 156 Å². The highest BCUT2D eigenvalue weighted by Gasteiger charge is 2.61. The number of fused-ring (bicyclic) bond motifs is 1. The molecule has 0 radical (unpaired) electrons. The van der Waals surface area contributed by atoms with Gasteiger partial charge in [0.2, 0.25) is 0 Å². The average Bonchev–Trinajstić information content (AvgIpc) is 4.27. The van der Waals surface area contributed by atoms with Crippen LogP contribution < -0.4 is 0 Å². The maximum absolute atomic E-state index is 15.1. The summed E-state index contributed by atoms with van der Waals surface area (Å²) in [6.45, 7) is 19.7. The molecule has 7 rings (SSSR count). The fraction of sp³-hybridized carbons (Fsp3) is 0.830. The van der Waals surface area contributed by atoms with Gasteiger partial charge in [0, 0.05) is 64.1 Å². The molecule has 0 aromatic heterocycles. The standard InChI is InChI=1S/C53H82F2N2O13/c1-13-40-53(10)45(57(50(62)70-53)21-20-34-18-19-37(54)38(55)23-34)30(4)42(58)28(2)24-52(9,64-12)47(69-49-43(59)39(22-29(3)65-49)56(26-35-14-15-35)27-36-16-17-36)31(5)44(32(6)48(61)67-40)68-41-25-51(8,63-11)46(60)33(7)66-41/h18-19,23,28-33,35-36,39-41,43-47,49,59-60H,13-17,20-22,24-27H2,1-12H3. The zero-order valence-electron chi connectivity index (χ0n) is 43.6. The Bertz CT molecular complexity index is 1980. The fourth-order valence-electron chi connectivity index (χ4n) is 12.3. The molecule has 2 saturated carbocycles. The van der Waals surface area contributed by atoms with E-state index in [4.69, 9.17) is 37.9 Å². The molecule has 4 saturated heterocycles. The third-order valence-electron chi connectivity index (χ3n) is 16.9. The molecule has 396 valence electrons. The number of aliphatic hydroxyl groups is 2. The van der Waals surface area contributed by atoms with Gasteiger partial charge >= 0.3 is 12.1 Å². The van der Waals surface area contributed by atoms with Gasteiger partial charge in [-0.2, -0.15) is 0 Å². The van der Waals surface area contributed by atoms with Gasteiger partial charge < -0.3 is 48.1 Å². The third kappa shape index (κ3) is 11.6. The molecule has 4 aliphatic heterocycles. The minimum absolute atomic E-state index is 0.00709. The first-order valence-electron chi connectivity index (χ1n) is 26.0. The van der Waals surface area contributed by atoms with E-state index in [0.717, 1.165) is 25.2 Å². The third-order valence-corrected chi connectivity index (χ3v) is 16.9. The second kappa shape index (κ2) is 21.9. The molecule has 70 heavy (non-hydrogen) atoms. The second-order valence-corrected chi connectivity index (χ2v) is 22.5. The SMILES string of the molecule is CCC1OC(=O)C(C)C(OC2CC(C)(OC)C(O)C(C)O2)C(C)C(OC2OC(C)CC(N(CC3CC3)CC3CC3)C2O)C(C)(OC)CC(C)C(=O)C(C)C2N(CCc3ccc(F)c(F)c3)C(=O)OC12C. The van der Waals surface area contributed by atoms with Gasteiger partial charge in [-0.15, -0.1) is 0 Å². The number of amides is 1. The monoisotopic (exact) mass is 993 g/mol. The lowest BCUT2D eigenvalue weighted by Gasteiger charge is -2.50. The topological polar surface area (TPSA) is 172 Å². The summed E-state index contributed by atoms with van der Waals surface area (Å²) in [5, 5.41) is 23.6. The van der Waals surface area contributed by atoms with Crippen molar-refractivity contribution in [3.63, 3.8) is 0 Å². The number of carbonyl (C=O) groups excluding carboxylic acids is 3. The molecule has 15 nitrogen and oxygen atoms in total. The number of benzene rings is 1. The molecule has 17 heteroatoms. The smallest absolute Gasteiger partial charge is 0.410 e. The Labute approximate surface area is 413 Å². The Kier molecular flexibility index (Phi) is 17.2. The molecule has 0 spiro atoms. The molecule has 2 aliphatic carbocycles. The number of carbonyl (C=O) groups is 3. The molecular formula is C53H82F2N2O13. The summed E-state index contributed by atoms with van der Waals surface area (Å²) < 4.78 is 80.4. The van der Waals surface area contributed by atoms with E-state index in [1.807, 2.05) is 27.7 Å². The summed E-state index contributed by atoms with van der Waals surface area (Å²) in [4.78, 5) is 48.1. The zero-order valence-corrected chi connectivity index (χ0v) is 43.6. The van der Waals surface area contributed by atoms with Crippen molar-refractivity contribution in [3.8, 4) is 0 Å². The second-order valence-electron chi connectivity index (χ2n) is 22.5. The van der Waals surface area contributed by atoms with E-state index >= 15 is 9.59 Å². The summed E-state index contributed by atoms with van der Waals surface area (Å²) >= 11 is 0. The molecule has 4 heterocycles. The van der Waals surface area contributed by atoms with Crippen molar-refractivity contribution in [2.75, 3.05) is 33.9 Å². The van der Waals surface area contributed by atoms with Crippen molar-refractivity contribution in [2.45, 2.75) is 211 Å². The first-order valence-corrected chi connectivity index (χ1v) is 26.0. The number of rotatable bonds is 15. The predicted octanol–water partition coefficient (Wildman–Crippen LogP) is 6.99. The maximum Gasteiger partial charge on any atom is 0.410 e. The Morgan fingerprint density at radius 1 is 0.843 bits per heavy atom. The lowest BCUT2D eigenvalue weighted by Crippen LogP contribution is -2.62. The van der Waals surface area contributed by atoms with Crippen molar-refractivity contribution >= 4 is 17.8 Å². The molecule has 1 aromatic rings. The number of ketones is 1. The van der Waals surface area contributed by atoms with Gasteiger partial charge in [-0.25, -0.2) is 13.6 Å².